The second kappa shape index (κ2) is 8.14. The number of nitrogens with one attached hydrogen (secondary N) is 1. The molecule has 1 N–H and O–H groups in total. The van der Waals surface area contributed by atoms with Crippen molar-refractivity contribution < 1.29 is 4.79 Å². The number of hydrogen-bond acceptors (Lipinski definition) is 3. The summed E-state index contributed by atoms with van der Waals surface area (Å²) in [5, 5.41) is 2.99. The molecule has 1 aliphatic heterocycles. The van der Waals surface area contributed by atoms with Crippen molar-refractivity contribution in [3.63, 3.8) is 0 Å². The van der Waals surface area contributed by atoms with Gasteiger partial charge in [0.1, 0.15) is 5.69 Å². The van der Waals surface area contributed by atoms with Crippen LogP contribution in [0.5, 0.6) is 0 Å². The van der Waals surface area contributed by atoms with Gasteiger partial charge in [-0.05, 0) is 63.5 Å². The number of anilines is 1. The average Bonchev–Trinajstić information content (AvgIpc) is 2.63. The van der Waals surface area contributed by atoms with Gasteiger partial charge in [-0.25, -0.2) is 4.98 Å². The van der Waals surface area contributed by atoms with Crippen LogP contribution < -0.4 is 10.2 Å². The molecule has 124 valence electrons. The van der Waals surface area contributed by atoms with Gasteiger partial charge in [0.05, 0.1) is 11.9 Å². The Kier molecular flexibility index (Phi) is 5.67. The van der Waals surface area contributed by atoms with E-state index in [4.69, 9.17) is 0 Å². The topological polar surface area (TPSA) is 45.2 Å². The molecule has 0 unspecified atom stereocenters. The van der Waals surface area contributed by atoms with E-state index in [-0.39, 0.29) is 5.91 Å². The fraction of sp³-hybridized carbons (Fsp3) is 0.579. The highest BCUT2D eigenvalue weighted by atomic mass is 16.1. The number of nitrogens with zero attached hydrogens (tertiary/aromatic N) is 2. The minimum absolute atomic E-state index is 0.0633. The Bertz CT molecular complexity index is 544. The van der Waals surface area contributed by atoms with Crippen LogP contribution in [-0.4, -0.2) is 30.5 Å². The molecule has 23 heavy (non-hydrogen) atoms. The number of hydrogen-bond donors (Lipinski definition) is 1. The minimum Gasteiger partial charge on any atom is -0.370 e. The Labute approximate surface area is 139 Å². The second-order valence-corrected chi connectivity index (χ2v) is 6.56. The normalized spacial score (nSPS) is 18.4. The predicted molar refractivity (Wildman–Crippen MR) is 93.8 cm³/mol. The molecule has 2 heterocycles. The van der Waals surface area contributed by atoms with Crippen molar-refractivity contribution in [2.45, 2.75) is 51.4 Å². The summed E-state index contributed by atoms with van der Waals surface area (Å²) < 4.78 is 0. The maximum atomic E-state index is 12.2. The third kappa shape index (κ3) is 4.57. The number of amides is 1. The van der Waals surface area contributed by atoms with Gasteiger partial charge in [-0.3, -0.25) is 4.79 Å². The average molecular weight is 313 g/mol. The number of aromatic nitrogens is 1. The molecule has 1 aliphatic carbocycles. The molecular formula is C19H27N3O. The van der Waals surface area contributed by atoms with Crippen molar-refractivity contribution in [1.29, 1.82) is 0 Å². The molecule has 4 nitrogen and oxygen atoms in total. The van der Waals surface area contributed by atoms with Crippen LogP contribution in [0.1, 0.15) is 61.9 Å². The van der Waals surface area contributed by atoms with Gasteiger partial charge < -0.3 is 10.2 Å². The smallest absolute Gasteiger partial charge is 0.269 e. The third-order valence-electron chi connectivity index (χ3n) is 4.82. The van der Waals surface area contributed by atoms with Gasteiger partial charge in [-0.15, -0.1) is 0 Å². The van der Waals surface area contributed by atoms with E-state index < -0.39 is 0 Å². The van der Waals surface area contributed by atoms with Crippen LogP contribution in [0.3, 0.4) is 0 Å². The van der Waals surface area contributed by atoms with E-state index in [0.29, 0.717) is 12.2 Å². The van der Waals surface area contributed by atoms with Crippen molar-refractivity contribution in [1.82, 2.24) is 10.3 Å². The highest BCUT2D eigenvalue weighted by Gasteiger charge is 2.13. The first kappa shape index (κ1) is 16.0. The van der Waals surface area contributed by atoms with Crippen molar-refractivity contribution in [2.75, 3.05) is 24.5 Å². The predicted octanol–water partition coefficient (Wildman–Crippen LogP) is 3.69. The zero-order valence-electron chi connectivity index (χ0n) is 13.9. The standard InChI is InChI=1S/C19H27N3O/c23-19(20-12-11-16-7-3-1-4-8-16)18-10-9-17(15-21-18)22-13-5-2-6-14-22/h7,9-10,15H,1-6,8,11-14H2,(H,20,23). The molecule has 1 fully saturated rings. The molecule has 0 saturated carbocycles. The van der Waals surface area contributed by atoms with Crippen LogP contribution in [0.2, 0.25) is 0 Å². The van der Waals surface area contributed by atoms with Gasteiger partial charge >= 0.3 is 0 Å². The molecule has 0 bridgehead atoms. The Morgan fingerprint density at radius 2 is 2.00 bits per heavy atom. The lowest BCUT2D eigenvalue weighted by atomic mass is 9.97. The number of rotatable bonds is 5. The van der Waals surface area contributed by atoms with Crippen molar-refractivity contribution in [3.05, 3.63) is 35.7 Å². The number of piperidine rings is 1. The first-order valence-electron chi connectivity index (χ1n) is 9.00. The summed E-state index contributed by atoms with van der Waals surface area (Å²) in [7, 11) is 0. The van der Waals surface area contributed by atoms with Crippen molar-refractivity contribution >= 4 is 11.6 Å². The van der Waals surface area contributed by atoms with E-state index in [2.05, 4.69) is 21.3 Å². The fourth-order valence-corrected chi connectivity index (χ4v) is 3.42. The number of allylic oxidation sites excluding steroid dienone is 1. The number of carbonyl (C=O) groups excluding carboxylic acids is 1. The minimum atomic E-state index is -0.0633. The highest BCUT2D eigenvalue weighted by Crippen LogP contribution is 2.20. The summed E-state index contributed by atoms with van der Waals surface area (Å²) in [6.07, 6.45) is 13.9. The van der Waals surface area contributed by atoms with E-state index in [0.717, 1.165) is 25.2 Å². The first-order valence-corrected chi connectivity index (χ1v) is 9.00. The fourth-order valence-electron chi connectivity index (χ4n) is 3.42. The molecule has 1 saturated heterocycles. The number of pyridine rings is 1. The summed E-state index contributed by atoms with van der Waals surface area (Å²) in [4.78, 5) is 18.9. The van der Waals surface area contributed by atoms with Crippen LogP contribution in [0.15, 0.2) is 30.0 Å². The van der Waals surface area contributed by atoms with Crippen LogP contribution in [0.25, 0.3) is 0 Å². The van der Waals surface area contributed by atoms with E-state index in [1.165, 1.54) is 50.5 Å². The zero-order valence-corrected chi connectivity index (χ0v) is 13.9. The van der Waals surface area contributed by atoms with E-state index in [9.17, 15) is 4.79 Å². The summed E-state index contributed by atoms with van der Waals surface area (Å²) in [6, 6.07) is 3.87. The Balaban J connectivity index is 1.48. The summed E-state index contributed by atoms with van der Waals surface area (Å²) in [6.45, 7) is 2.91. The lowest BCUT2D eigenvalue weighted by molar-refractivity contribution is 0.0949. The first-order chi connectivity index (χ1) is 11.3. The highest BCUT2D eigenvalue weighted by molar-refractivity contribution is 5.92. The Morgan fingerprint density at radius 1 is 1.13 bits per heavy atom. The summed E-state index contributed by atoms with van der Waals surface area (Å²) in [5.41, 5.74) is 3.14. The molecule has 2 aliphatic rings. The quantitative estimate of drug-likeness (QED) is 0.843. The van der Waals surface area contributed by atoms with Crippen LogP contribution >= 0.6 is 0 Å². The molecule has 0 aromatic carbocycles. The molecule has 1 amide bonds. The second-order valence-electron chi connectivity index (χ2n) is 6.56. The summed E-state index contributed by atoms with van der Waals surface area (Å²) >= 11 is 0. The maximum Gasteiger partial charge on any atom is 0.269 e. The van der Waals surface area contributed by atoms with Gasteiger partial charge in [-0.2, -0.15) is 0 Å². The monoisotopic (exact) mass is 313 g/mol. The molecule has 3 rings (SSSR count). The molecule has 1 aromatic heterocycles. The third-order valence-corrected chi connectivity index (χ3v) is 4.82. The molecule has 0 spiro atoms. The SMILES string of the molecule is O=C(NCCC1=CCCCC1)c1ccc(N2CCCCC2)cn1. The summed E-state index contributed by atoms with van der Waals surface area (Å²) in [5.74, 6) is -0.0633. The van der Waals surface area contributed by atoms with Crippen molar-refractivity contribution in [3.8, 4) is 0 Å². The molecule has 0 atom stereocenters. The van der Waals surface area contributed by atoms with Gasteiger partial charge in [0.2, 0.25) is 0 Å². The van der Waals surface area contributed by atoms with Crippen LogP contribution in [0.4, 0.5) is 5.69 Å². The van der Waals surface area contributed by atoms with E-state index in [1.807, 2.05) is 18.3 Å². The molecular weight excluding hydrogens is 286 g/mol. The van der Waals surface area contributed by atoms with Crippen molar-refractivity contribution in [2.24, 2.45) is 0 Å². The molecule has 1 aromatic rings. The van der Waals surface area contributed by atoms with Gasteiger partial charge in [0.25, 0.3) is 5.91 Å². The lowest BCUT2D eigenvalue weighted by Gasteiger charge is -2.28. The van der Waals surface area contributed by atoms with E-state index in [1.54, 1.807) is 0 Å². The van der Waals surface area contributed by atoms with Gasteiger partial charge in [-0.1, -0.05) is 11.6 Å². The molecule has 0 radical (unpaired) electrons. The van der Waals surface area contributed by atoms with E-state index >= 15 is 0 Å². The largest absolute Gasteiger partial charge is 0.370 e. The van der Waals surface area contributed by atoms with Crippen LogP contribution in [-0.2, 0) is 0 Å². The van der Waals surface area contributed by atoms with Crippen LogP contribution in [0, 0.1) is 0 Å². The number of carbonyl (C=O) groups is 1. The molecule has 4 heteroatoms. The van der Waals surface area contributed by atoms with Gasteiger partial charge in [0.15, 0.2) is 0 Å². The zero-order chi connectivity index (χ0) is 15.9. The maximum absolute atomic E-state index is 12.2. The lowest BCUT2D eigenvalue weighted by Crippen LogP contribution is -2.30. The van der Waals surface area contributed by atoms with Gasteiger partial charge in [0, 0.05) is 19.6 Å². The Hall–Kier alpha value is -1.84. The Morgan fingerprint density at radius 3 is 2.70 bits per heavy atom.